The van der Waals surface area contributed by atoms with Crippen LogP contribution in [0.15, 0.2) is 212 Å². The van der Waals surface area contributed by atoms with Gasteiger partial charge in [0.05, 0.1) is 33.1 Å². The second kappa shape index (κ2) is 17.3. The van der Waals surface area contributed by atoms with Gasteiger partial charge in [0.2, 0.25) is 6.71 Å². The molecule has 13 aromatic rings. The summed E-state index contributed by atoms with van der Waals surface area (Å²) in [6, 6.07) is 80.0. The molecule has 0 amide bonds. The van der Waals surface area contributed by atoms with Gasteiger partial charge in [-0.3, -0.25) is 0 Å². The van der Waals surface area contributed by atoms with Gasteiger partial charge in [0, 0.05) is 66.4 Å². The predicted octanol–water partition coefficient (Wildman–Crippen LogP) is 17.0. The molecular weight excluding hydrogens is 908 g/mol. The van der Waals surface area contributed by atoms with Crippen LogP contribution in [0, 0.1) is 6.92 Å². The molecule has 5 heteroatoms. The third kappa shape index (κ3) is 6.69. The zero-order valence-electron chi connectivity index (χ0n) is 43.8. The van der Waals surface area contributed by atoms with E-state index in [0.717, 1.165) is 22.7 Å². The van der Waals surface area contributed by atoms with Gasteiger partial charge in [-0.15, -0.1) is 0 Å². The van der Waals surface area contributed by atoms with Gasteiger partial charge in [-0.05, 0) is 131 Å². The van der Waals surface area contributed by atoms with E-state index < -0.39 is 0 Å². The smallest absolute Gasteiger partial charge is 0.247 e. The summed E-state index contributed by atoms with van der Waals surface area (Å²) in [5, 5.41) is 7.43. The molecule has 0 spiro atoms. The van der Waals surface area contributed by atoms with Crippen molar-refractivity contribution in [3.05, 3.63) is 235 Å². The van der Waals surface area contributed by atoms with E-state index in [-0.39, 0.29) is 6.71 Å². The predicted molar refractivity (Wildman–Crippen MR) is 322 cm³/mol. The van der Waals surface area contributed by atoms with Crippen LogP contribution >= 0.6 is 0 Å². The standard InChI is InChI=1S/C70H59BN4/c1-43(2)47-40-55(44(3)4)67(56(41-47)45(5)6)71-57-32-17-21-36-62(57)72(48-24-10-8-11-25-48)63-42-51(37-38-58(63)71)75-61-35-20-16-31-54(61)66-69-65(53-30-15-19-34-60(53)74(69)50-28-22-23-46(7)39-50)68-64(70(66)75)52-29-14-18-33-59(52)73(68)49-26-12-9-13-27-49/h8-45H,1-7H3. The van der Waals surface area contributed by atoms with E-state index in [4.69, 9.17) is 0 Å². The Labute approximate surface area is 439 Å². The van der Waals surface area contributed by atoms with Crippen molar-refractivity contribution in [3.8, 4) is 17.1 Å². The van der Waals surface area contributed by atoms with Crippen molar-refractivity contribution in [1.29, 1.82) is 0 Å². The van der Waals surface area contributed by atoms with Crippen LogP contribution < -0.4 is 21.3 Å². The highest BCUT2D eigenvalue weighted by Crippen LogP contribution is 2.51. The number of fused-ring (bicyclic) bond motifs is 14. The van der Waals surface area contributed by atoms with Gasteiger partial charge in [0.15, 0.2) is 0 Å². The Morgan fingerprint density at radius 1 is 0.347 bits per heavy atom. The minimum absolute atomic E-state index is 0.0135. The Morgan fingerprint density at radius 2 is 0.787 bits per heavy atom. The van der Waals surface area contributed by atoms with Gasteiger partial charge in [-0.1, -0.05) is 187 Å². The summed E-state index contributed by atoms with van der Waals surface area (Å²) in [5.41, 5.74) is 23.8. The molecule has 0 bridgehead atoms. The first-order valence-corrected chi connectivity index (χ1v) is 27.0. The molecule has 0 saturated carbocycles. The topological polar surface area (TPSA) is 18.0 Å². The van der Waals surface area contributed by atoms with E-state index in [9.17, 15) is 0 Å². The number of hydrogen-bond acceptors (Lipinski definition) is 1. The molecule has 4 nitrogen and oxygen atoms in total. The van der Waals surface area contributed by atoms with Gasteiger partial charge in [-0.25, -0.2) is 0 Å². The van der Waals surface area contributed by atoms with Crippen LogP contribution in [0.2, 0.25) is 0 Å². The van der Waals surface area contributed by atoms with Crippen molar-refractivity contribution in [1.82, 2.24) is 13.7 Å². The Kier molecular flexibility index (Phi) is 10.4. The molecule has 0 unspecified atom stereocenters. The van der Waals surface area contributed by atoms with Gasteiger partial charge in [0.1, 0.15) is 0 Å². The lowest BCUT2D eigenvalue weighted by Crippen LogP contribution is -2.59. The molecule has 14 rings (SSSR count). The van der Waals surface area contributed by atoms with Crippen molar-refractivity contribution in [2.24, 2.45) is 0 Å². The monoisotopic (exact) mass is 966 g/mol. The lowest BCUT2D eigenvalue weighted by molar-refractivity contribution is 0.812. The SMILES string of the molecule is Cc1cccc(-n2c3ccccc3c3c4c(c5ccccc5n4-c4ccccc4)c4c(c5ccccc5n4-c4ccc5c(c4)N(c4ccccc4)c4ccccc4B5c4c(C(C)C)cc(C(C)C)cc4C(C)C)c32)c1. The molecule has 10 aromatic carbocycles. The van der Waals surface area contributed by atoms with E-state index in [1.165, 1.54) is 115 Å². The molecule has 1 aliphatic heterocycles. The van der Waals surface area contributed by atoms with Crippen LogP contribution in [0.1, 0.15) is 81.5 Å². The third-order valence-corrected chi connectivity index (χ3v) is 16.4. The molecule has 3 aromatic heterocycles. The fraction of sp³-hybridized carbons (Fsp3) is 0.143. The number of hydrogen-bond donors (Lipinski definition) is 0. The number of aryl methyl sites for hydroxylation is 1. The number of aromatic nitrogens is 3. The number of nitrogens with zero attached hydrogens (tertiary/aromatic N) is 4. The largest absolute Gasteiger partial charge is 0.311 e. The lowest BCUT2D eigenvalue weighted by atomic mass is 9.33. The lowest BCUT2D eigenvalue weighted by Gasteiger charge is -2.39. The molecular formula is C70H59BN4. The Morgan fingerprint density at radius 3 is 1.31 bits per heavy atom. The Bertz CT molecular complexity index is 4390. The van der Waals surface area contributed by atoms with Crippen LogP contribution in [0.3, 0.4) is 0 Å². The van der Waals surface area contributed by atoms with Crippen molar-refractivity contribution >= 4 is 106 Å². The quantitative estimate of drug-likeness (QED) is 0.139. The fourth-order valence-corrected chi connectivity index (χ4v) is 13.2. The maximum absolute atomic E-state index is 2.61. The highest BCUT2D eigenvalue weighted by molar-refractivity contribution is 6.98. The summed E-state index contributed by atoms with van der Waals surface area (Å²) < 4.78 is 7.70. The molecule has 0 aliphatic carbocycles. The minimum Gasteiger partial charge on any atom is -0.311 e. The first-order chi connectivity index (χ1) is 36.7. The number of para-hydroxylation sites is 6. The first kappa shape index (κ1) is 45.1. The molecule has 0 N–H and O–H groups in total. The third-order valence-electron chi connectivity index (χ3n) is 16.4. The minimum atomic E-state index is 0.0135. The van der Waals surface area contributed by atoms with Crippen molar-refractivity contribution < 1.29 is 0 Å². The molecule has 0 fully saturated rings. The van der Waals surface area contributed by atoms with Crippen molar-refractivity contribution in [3.63, 3.8) is 0 Å². The maximum atomic E-state index is 2.61. The highest BCUT2D eigenvalue weighted by Gasteiger charge is 2.39. The zero-order chi connectivity index (χ0) is 50.8. The van der Waals surface area contributed by atoms with E-state index in [2.05, 4.69) is 279 Å². The number of anilines is 3. The van der Waals surface area contributed by atoms with E-state index in [0.29, 0.717) is 17.8 Å². The summed E-state index contributed by atoms with van der Waals surface area (Å²) in [4.78, 5) is 2.54. The molecule has 4 heterocycles. The van der Waals surface area contributed by atoms with E-state index in [1.54, 1.807) is 0 Å². The molecule has 75 heavy (non-hydrogen) atoms. The fourth-order valence-electron chi connectivity index (χ4n) is 13.2. The normalized spacial score (nSPS) is 12.8. The molecule has 1 aliphatic rings. The van der Waals surface area contributed by atoms with Crippen molar-refractivity contribution in [2.75, 3.05) is 4.90 Å². The molecule has 0 radical (unpaired) electrons. The highest BCUT2D eigenvalue weighted by atomic mass is 15.2. The summed E-state index contributed by atoms with van der Waals surface area (Å²) >= 11 is 0. The van der Waals surface area contributed by atoms with Gasteiger partial charge >= 0.3 is 0 Å². The molecule has 0 saturated heterocycles. The average molecular weight is 967 g/mol. The van der Waals surface area contributed by atoms with Crippen molar-refractivity contribution in [2.45, 2.75) is 66.2 Å². The summed E-state index contributed by atoms with van der Waals surface area (Å²) in [5.74, 6) is 1.10. The Hall–Kier alpha value is -8.54. The van der Waals surface area contributed by atoms with Gasteiger partial charge < -0.3 is 18.6 Å². The number of rotatable bonds is 8. The van der Waals surface area contributed by atoms with Crippen LogP contribution in [-0.4, -0.2) is 20.4 Å². The van der Waals surface area contributed by atoms with Crippen LogP contribution in [0.5, 0.6) is 0 Å². The van der Waals surface area contributed by atoms with Crippen LogP contribution in [0.4, 0.5) is 17.1 Å². The second-order valence-electron chi connectivity index (χ2n) is 21.9. The summed E-state index contributed by atoms with van der Waals surface area (Å²) in [7, 11) is 0. The number of benzene rings is 10. The second-order valence-corrected chi connectivity index (χ2v) is 21.9. The average Bonchev–Trinajstić information content (AvgIpc) is 4.15. The maximum Gasteiger partial charge on any atom is 0.247 e. The van der Waals surface area contributed by atoms with Crippen LogP contribution in [-0.2, 0) is 0 Å². The Balaban J connectivity index is 1.18. The molecule has 0 atom stereocenters. The van der Waals surface area contributed by atoms with Gasteiger partial charge in [0.25, 0.3) is 0 Å². The summed E-state index contributed by atoms with van der Waals surface area (Å²) in [6.45, 7) is 16.4. The van der Waals surface area contributed by atoms with E-state index >= 15 is 0 Å². The van der Waals surface area contributed by atoms with Gasteiger partial charge in [-0.2, -0.15) is 0 Å². The van der Waals surface area contributed by atoms with E-state index in [1.807, 2.05) is 0 Å². The zero-order valence-corrected chi connectivity index (χ0v) is 43.8. The summed E-state index contributed by atoms with van der Waals surface area (Å²) in [6.07, 6.45) is 0. The first-order valence-electron chi connectivity index (χ1n) is 27.0. The molecule has 362 valence electrons. The van der Waals surface area contributed by atoms with Crippen LogP contribution in [0.25, 0.3) is 82.5 Å².